The number of rotatable bonds is 0. The second kappa shape index (κ2) is 2.97. The van der Waals surface area contributed by atoms with Gasteiger partial charge < -0.3 is 4.90 Å². The van der Waals surface area contributed by atoms with Crippen LogP contribution in [0.2, 0.25) is 0 Å². The quantitative estimate of drug-likeness (QED) is 0.513. The molecule has 1 aliphatic heterocycles. The Bertz CT molecular complexity index is 188. The fourth-order valence-electron chi connectivity index (χ4n) is 2.71. The molecule has 0 aromatic heterocycles. The van der Waals surface area contributed by atoms with Gasteiger partial charge in [-0.3, -0.25) is 0 Å². The van der Waals surface area contributed by atoms with Crippen LogP contribution in [0.5, 0.6) is 0 Å². The highest BCUT2D eigenvalue weighted by Crippen LogP contribution is 2.45. The number of nitrogens with zero attached hydrogens (tertiary/aromatic N) is 2. The van der Waals surface area contributed by atoms with E-state index >= 15 is 0 Å². The summed E-state index contributed by atoms with van der Waals surface area (Å²) in [5.74, 6) is 0. The van der Waals surface area contributed by atoms with Crippen molar-refractivity contribution >= 4 is 0 Å². The Labute approximate surface area is 74.2 Å². The van der Waals surface area contributed by atoms with Crippen LogP contribution in [-0.2, 0) is 0 Å². The van der Waals surface area contributed by atoms with E-state index in [1.54, 1.807) is 0 Å². The average Bonchev–Trinajstić information content (AvgIpc) is 2.55. The average molecular weight is 164 g/mol. The zero-order valence-corrected chi connectivity index (χ0v) is 7.55. The molecule has 0 amide bonds. The molecule has 2 fully saturated rings. The number of piperidine rings is 1. The van der Waals surface area contributed by atoms with Gasteiger partial charge in [0.1, 0.15) is 0 Å². The van der Waals surface area contributed by atoms with Crippen LogP contribution in [0.1, 0.15) is 38.5 Å². The van der Waals surface area contributed by atoms with Gasteiger partial charge in [-0.1, -0.05) is 12.8 Å². The summed E-state index contributed by atoms with van der Waals surface area (Å²) < 4.78 is 0. The molecule has 1 saturated heterocycles. The molecule has 1 heterocycles. The van der Waals surface area contributed by atoms with E-state index in [4.69, 9.17) is 5.26 Å². The van der Waals surface area contributed by atoms with Crippen molar-refractivity contribution in [2.75, 3.05) is 13.1 Å². The van der Waals surface area contributed by atoms with Crippen molar-refractivity contribution in [3.63, 3.8) is 0 Å². The molecule has 0 radical (unpaired) electrons. The third-order valence-corrected chi connectivity index (χ3v) is 3.63. The molecule has 2 heteroatoms. The smallest absolute Gasteiger partial charge is 0.179 e. The molecule has 66 valence electrons. The van der Waals surface area contributed by atoms with Crippen LogP contribution < -0.4 is 0 Å². The van der Waals surface area contributed by atoms with Crippen LogP contribution in [0.25, 0.3) is 0 Å². The fourth-order valence-corrected chi connectivity index (χ4v) is 2.71. The first-order valence-corrected chi connectivity index (χ1v) is 4.99. The van der Waals surface area contributed by atoms with Crippen LogP contribution >= 0.6 is 0 Å². The molecule has 0 bridgehead atoms. The van der Waals surface area contributed by atoms with Crippen molar-refractivity contribution in [2.24, 2.45) is 5.41 Å². The normalized spacial score (nSPS) is 27.4. The third-order valence-electron chi connectivity index (χ3n) is 3.63. The van der Waals surface area contributed by atoms with Crippen LogP contribution in [0.4, 0.5) is 0 Å². The van der Waals surface area contributed by atoms with Crippen molar-refractivity contribution < 1.29 is 0 Å². The Morgan fingerprint density at radius 1 is 1.00 bits per heavy atom. The molecule has 0 aromatic rings. The molecule has 2 aliphatic rings. The first-order chi connectivity index (χ1) is 5.85. The molecular formula is C10H16N2. The van der Waals surface area contributed by atoms with E-state index in [9.17, 15) is 0 Å². The van der Waals surface area contributed by atoms with Crippen LogP contribution in [0.3, 0.4) is 0 Å². The Morgan fingerprint density at radius 3 is 2.08 bits per heavy atom. The third kappa shape index (κ3) is 1.29. The highest BCUT2D eigenvalue weighted by Gasteiger charge is 2.36. The van der Waals surface area contributed by atoms with E-state index in [0.717, 1.165) is 13.1 Å². The van der Waals surface area contributed by atoms with E-state index in [-0.39, 0.29) is 0 Å². The molecule has 0 aromatic carbocycles. The molecule has 0 unspecified atom stereocenters. The molecule has 0 N–H and O–H groups in total. The lowest BCUT2D eigenvalue weighted by molar-refractivity contribution is 0.146. The van der Waals surface area contributed by atoms with Gasteiger partial charge in [0, 0.05) is 13.1 Å². The topological polar surface area (TPSA) is 27.0 Å². The first-order valence-electron chi connectivity index (χ1n) is 4.99. The highest BCUT2D eigenvalue weighted by molar-refractivity contribution is 4.92. The summed E-state index contributed by atoms with van der Waals surface area (Å²) in [7, 11) is 0. The number of likely N-dealkylation sites (tertiary alicyclic amines) is 1. The van der Waals surface area contributed by atoms with Gasteiger partial charge in [0.05, 0.1) is 0 Å². The van der Waals surface area contributed by atoms with E-state index in [1.807, 2.05) is 4.90 Å². The SMILES string of the molecule is N#CN1CCC2(CCCC2)CC1. The standard InChI is InChI=1S/C10H16N2/c11-9-12-7-5-10(6-8-12)3-1-2-4-10/h1-8H2. The zero-order chi connectivity index (χ0) is 8.44. The Hall–Kier alpha value is -0.710. The predicted octanol–water partition coefficient (Wildman–Crippen LogP) is 2.12. The molecule has 1 spiro atoms. The fraction of sp³-hybridized carbons (Fsp3) is 0.900. The summed E-state index contributed by atoms with van der Waals surface area (Å²) in [4.78, 5) is 1.91. The van der Waals surface area contributed by atoms with Gasteiger partial charge >= 0.3 is 0 Å². The Kier molecular flexibility index (Phi) is 1.96. The van der Waals surface area contributed by atoms with Crippen LogP contribution in [0.15, 0.2) is 0 Å². The summed E-state index contributed by atoms with van der Waals surface area (Å²) in [5, 5.41) is 8.70. The molecule has 2 nitrogen and oxygen atoms in total. The molecule has 1 saturated carbocycles. The van der Waals surface area contributed by atoms with Gasteiger partial charge in [0.25, 0.3) is 0 Å². The van der Waals surface area contributed by atoms with Crippen molar-refractivity contribution in [3.05, 3.63) is 0 Å². The maximum Gasteiger partial charge on any atom is 0.179 e. The monoisotopic (exact) mass is 164 g/mol. The largest absolute Gasteiger partial charge is 0.311 e. The van der Waals surface area contributed by atoms with E-state index in [2.05, 4.69) is 6.19 Å². The van der Waals surface area contributed by atoms with E-state index in [1.165, 1.54) is 38.5 Å². The number of hydrogen-bond acceptors (Lipinski definition) is 2. The first kappa shape index (κ1) is 7.91. The second-order valence-corrected chi connectivity index (χ2v) is 4.29. The van der Waals surface area contributed by atoms with Crippen LogP contribution in [0, 0.1) is 16.9 Å². The van der Waals surface area contributed by atoms with Gasteiger partial charge in [-0.2, -0.15) is 5.26 Å². The lowest BCUT2D eigenvalue weighted by Gasteiger charge is -2.36. The summed E-state index contributed by atoms with van der Waals surface area (Å²) in [5.41, 5.74) is 0.660. The van der Waals surface area contributed by atoms with Gasteiger partial charge in [-0.25, -0.2) is 0 Å². The van der Waals surface area contributed by atoms with Crippen LogP contribution in [-0.4, -0.2) is 18.0 Å². The summed E-state index contributed by atoms with van der Waals surface area (Å²) in [6.07, 6.45) is 10.5. The lowest BCUT2D eigenvalue weighted by Crippen LogP contribution is -2.35. The van der Waals surface area contributed by atoms with E-state index in [0.29, 0.717) is 5.41 Å². The van der Waals surface area contributed by atoms with Crippen molar-refractivity contribution in [2.45, 2.75) is 38.5 Å². The zero-order valence-electron chi connectivity index (χ0n) is 7.55. The Balaban J connectivity index is 1.93. The maximum atomic E-state index is 8.70. The van der Waals surface area contributed by atoms with Gasteiger partial charge in [0.15, 0.2) is 6.19 Å². The molecule has 1 aliphatic carbocycles. The van der Waals surface area contributed by atoms with Crippen molar-refractivity contribution in [1.82, 2.24) is 4.90 Å². The second-order valence-electron chi connectivity index (χ2n) is 4.29. The minimum absolute atomic E-state index is 0.660. The summed E-state index contributed by atoms with van der Waals surface area (Å²) in [6.45, 7) is 2.02. The molecule has 12 heavy (non-hydrogen) atoms. The van der Waals surface area contributed by atoms with Gasteiger partial charge in [-0.05, 0) is 31.1 Å². The lowest BCUT2D eigenvalue weighted by atomic mass is 9.77. The summed E-state index contributed by atoms with van der Waals surface area (Å²) >= 11 is 0. The number of hydrogen-bond donors (Lipinski definition) is 0. The highest BCUT2D eigenvalue weighted by atomic mass is 15.1. The van der Waals surface area contributed by atoms with E-state index < -0.39 is 0 Å². The molecule has 2 rings (SSSR count). The minimum Gasteiger partial charge on any atom is -0.311 e. The predicted molar refractivity (Wildman–Crippen MR) is 47.3 cm³/mol. The molecular weight excluding hydrogens is 148 g/mol. The van der Waals surface area contributed by atoms with Crippen molar-refractivity contribution in [3.8, 4) is 6.19 Å². The molecule has 0 atom stereocenters. The van der Waals surface area contributed by atoms with Gasteiger partial charge in [0.2, 0.25) is 0 Å². The maximum absolute atomic E-state index is 8.70. The van der Waals surface area contributed by atoms with Gasteiger partial charge in [-0.15, -0.1) is 0 Å². The minimum atomic E-state index is 0.660. The number of nitriles is 1. The summed E-state index contributed by atoms with van der Waals surface area (Å²) in [6, 6.07) is 0. The Morgan fingerprint density at radius 2 is 1.58 bits per heavy atom. The van der Waals surface area contributed by atoms with Crippen molar-refractivity contribution in [1.29, 1.82) is 5.26 Å².